The van der Waals surface area contributed by atoms with Gasteiger partial charge in [-0.1, -0.05) is 33.8 Å². The Morgan fingerprint density at radius 3 is 2.06 bits per heavy atom. The van der Waals surface area contributed by atoms with E-state index in [4.69, 9.17) is 5.11 Å². The molecular formula is C13H25NO2. The molecule has 0 atom stereocenters. The first kappa shape index (κ1) is 17.5. The first-order chi connectivity index (χ1) is 7.61. The van der Waals surface area contributed by atoms with Crippen LogP contribution in [0, 0.1) is 6.92 Å². The second-order valence-corrected chi connectivity index (χ2v) is 3.33. The van der Waals surface area contributed by atoms with E-state index >= 15 is 0 Å². The predicted molar refractivity (Wildman–Crippen MR) is 68.5 cm³/mol. The third-order valence-corrected chi connectivity index (χ3v) is 1.65. The fourth-order valence-electron chi connectivity index (χ4n) is 0.821. The lowest BCUT2D eigenvalue weighted by atomic mass is 10.1. The molecule has 1 aromatic rings. The zero-order valence-corrected chi connectivity index (χ0v) is 11.3. The number of aliphatic hydroxyl groups excluding tert-OH is 1. The fraction of sp³-hybridized carbons (Fsp3) is 0.615. The van der Waals surface area contributed by atoms with Gasteiger partial charge in [0, 0.05) is 19.0 Å². The Labute approximate surface area is 99.5 Å². The molecule has 0 aliphatic carbocycles. The monoisotopic (exact) mass is 227 g/mol. The van der Waals surface area contributed by atoms with Gasteiger partial charge in [0.25, 0.3) is 0 Å². The molecule has 3 nitrogen and oxygen atoms in total. The molecule has 3 heteroatoms. The van der Waals surface area contributed by atoms with Crippen LogP contribution in [0.1, 0.15) is 44.9 Å². The Balaban J connectivity index is 0. The third-order valence-electron chi connectivity index (χ3n) is 1.65. The molecule has 0 fully saturated rings. The number of aliphatic hydroxyl groups is 1. The molecule has 94 valence electrons. The van der Waals surface area contributed by atoms with Gasteiger partial charge in [0.15, 0.2) is 0 Å². The van der Waals surface area contributed by atoms with Crippen LogP contribution in [0.25, 0.3) is 0 Å². The summed E-state index contributed by atoms with van der Waals surface area (Å²) in [6.07, 6.45) is 1.91. The van der Waals surface area contributed by atoms with Crippen molar-refractivity contribution < 1.29 is 9.84 Å². The van der Waals surface area contributed by atoms with Crippen molar-refractivity contribution in [3.8, 4) is 0 Å². The summed E-state index contributed by atoms with van der Waals surface area (Å²) < 4.78 is 4.10. The molecule has 0 unspecified atom stereocenters. The summed E-state index contributed by atoms with van der Waals surface area (Å²) in [7, 11) is 1.43. The standard InChI is InChI=1S/C9H13N.C2H6O2.C2H6/c1-7(2)9-5-4-8(3)6-10-9;1-4-2-3;1-2/h4-7H,1-3H3;3H,2H2,1H3;1-2H3. The second-order valence-electron chi connectivity index (χ2n) is 3.33. The van der Waals surface area contributed by atoms with Crippen LogP contribution in [0.2, 0.25) is 0 Å². The summed E-state index contributed by atoms with van der Waals surface area (Å²) in [6.45, 7) is 10.2. The van der Waals surface area contributed by atoms with E-state index in [1.165, 1.54) is 18.4 Å². The van der Waals surface area contributed by atoms with Crippen LogP contribution in [0.5, 0.6) is 0 Å². The van der Waals surface area contributed by atoms with Gasteiger partial charge in [0.05, 0.1) is 0 Å². The number of methoxy groups -OCH3 is 1. The molecule has 1 N–H and O–H groups in total. The van der Waals surface area contributed by atoms with Crippen molar-refractivity contribution in [3.05, 3.63) is 29.6 Å². The van der Waals surface area contributed by atoms with Gasteiger partial charge in [0.2, 0.25) is 0 Å². The lowest BCUT2D eigenvalue weighted by Gasteiger charge is -2.02. The predicted octanol–water partition coefficient (Wildman–Crippen LogP) is 3.12. The van der Waals surface area contributed by atoms with Crippen molar-refractivity contribution >= 4 is 0 Å². The smallest absolute Gasteiger partial charge is 0.143 e. The number of hydrogen-bond acceptors (Lipinski definition) is 3. The van der Waals surface area contributed by atoms with Crippen molar-refractivity contribution in [2.24, 2.45) is 0 Å². The van der Waals surface area contributed by atoms with Crippen molar-refractivity contribution in [1.29, 1.82) is 0 Å². The summed E-state index contributed by atoms with van der Waals surface area (Å²) in [5.74, 6) is 0.542. The minimum Gasteiger partial charge on any atom is -0.371 e. The van der Waals surface area contributed by atoms with Gasteiger partial charge >= 0.3 is 0 Å². The van der Waals surface area contributed by atoms with Crippen LogP contribution in [0.3, 0.4) is 0 Å². The molecule has 16 heavy (non-hydrogen) atoms. The van der Waals surface area contributed by atoms with E-state index in [1.54, 1.807) is 0 Å². The van der Waals surface area contributed by atoms with Crippen LogP contribution in [0.4, 0.5) is 0 Å². The highest BCUT2D eigenvalue weighted by Gasteiger charge is 1.97. The van der Waals surface area contributed by atoms with E-state index in [2.05, 4.69) is 42.6 Å². The van der Waals surface area contributed by atoms with Crippen molar-refractivity contribution in [1.82, 2.24) is 4.98 Å². The van der Waals surface area contributed by atoms with Crippen LogP contribution < -0.4 is 0 Å². The molecule has 0 spiro atoms. The van der Waals surface area contributed by atoms with Gasteiger partial charge in [-0.15, -0.1) is 0 Å². The quantitative estimate of drug-likeness (QED) is 0.789. The largest absolute Gasteiger partial charge is 0.371 e. The highest BCUT2D eigenvalue weighted by atomic mass is 16.6. The lowest BCUT2D eigenvalue weighted by molar-refractivity contribution is 0.0325. The van der Waals surface area contributed by atoms with Crippen molar-refractivity contribution in [2.45, 2.75) is 40.5 Å². The normalized spacial score (nSPS) is 8.75. The Hall–Kier alpha value is -0.930. The summed E-state index contributed by atoms with van der Waals surface area (Å²) >= 11 is 0. The van der Waals surface area contributed by atoms with Gasteiger partial charge in [-0.2, -0.15) is 0 Å². The maximum atomic E-state index is 7.65. The van der Waals surface area contributed by atoms with Gasteiger partial charge in [-0.25, -0.2) is 0 Å². The Bertz CT molecular complexity index is 230. The van der Waals surface area contributed by atoms with Gasteiger partial charge in [-0.05, 0) is 24.5 Å². The lowest BCUT2D eigenvalue weighted by Crippen LogP contribution is -1.90. The zero-order chi connectivity index (χ0) is 13.0. The van der Waals surface area contributed by atoms with E-state index in [9.17, 15) is 0 Å². The Morgan fingerprint density at radius 2 is 1.81 bits per heavy atom. The average Bonchev–Trinajstić information content (AvgIpc) is 2.32. The molecule has 0 aliphatic rings. The molecule has 0 amide bonds. The number of hydrogen-bond donors (Lipinski definition) is 1. The number of ether oxygens (including phenoxy) is 1. The minimum atomic E-state index is -0.181. The molecule has 0 aromatic carbocycles. The maximum absolute atomic E-state index is 7.65. The molecule has 1 aromatic heterocycles. The van der Waals surface area contributed by atoms with E-state index in [1.807, 2.05) is 20.0 Å². The Kier molecular flexibility index (Phi) is 13.3. The van der Waals surface area contributed by atoms with E-state index < -0.39 is 0 Å². The maximum Gasteiger partial charge on any atom is 0.143 e. The SMILES string of the molecule is CC.COCO.Cc1ccc(C(C)C)nc1. The number of pyridine rings is 1. The molecule has 0 saturated carbocycles. The highest BCUT2D eigenvalue weighted by molar-refractivity contribution is 5.14. The van der Waals surface area contributed by atoms with Crippen LogP contribution in [0.15, 0.2) is 18.3 Å². The molecule has 0 radical (unpaired) electrons. The zero-order valence-electron chi connectivity index (χ0n) is 11.3. The minimum absolute atomic E-state index is 0.181. The summed E-state index contributed by atoms with van der Waals surface area (Å²) in [6, 6.07) is 4.18. The molecule has 1 rings (SSSR count). The van der Waals surface area contributed by atoms with Gasteiger partial charge < -0.3 is 9.84 Å². The van der Waals surface area contributed by atoms with E-state index in [-0.39, 0.29) is 6.79 Å². The number of aryl methyl sites for hydroxylation is 1. The second kappa shape index (κ2) is 12.1. The summed E-state index contributed by atoms with van der Waals surface area (Å²) in [4.78, 5) is 4.28. The number of nitrogens with zero attached hydrogens (tertiary/aromatic N) is 1. The van der Waals surface area contributed by atoms with E-state index in [0.29, 0.717) is 5.92 Å². The first-order valence-electron chi connectivity index (χ1n) is 5.64. The number of rotatable bonds is 2. The summed E-state index contributed by atoms with van der Waals surface area (Å²) in [5.41, 5.74) is 2.40. The summed E-state index contributed by atoms with van der Waals surface area (Å²) in [5, 5.41) is 7.65. The van der Waals surface area contributed by atoms with Crippen LogP contribution in [-0.2, 0) is 4.74 Å². The van der Waals surface area contributed by atoms with Crippen LogP contribution >= 0.6 is 0 Å². The van der Waals surface area contributed by atoms with Gasteiger partial charge in [0.1, 0.15) is 6.79 Å². The Morgan fingerprint density at radius 1 is 1.31 bits per heavy atom. The molecule has 0 saturated heterocycles. The average molecular weight is 227 g/mol. The molecular weight excluding hydrogens is 202 g/mol. The topological polar surface area (TPSA) is 42.4 Å². The van der Waals surface area contributed by atoms with E-state index in [0.717, 1.165) is 0 Å². The highest BCUT2D eigenvalue weighted by Crippen LogP contribution is 2.10. The third kappa shape index (κ3) is 9.62. The van der Waals surface area contributed by atoms with Crippen molar-refractivity contribution in [2.75, 3.05) is 13.9 Å². The molecule has 0 bridgehead atoms. The molecule has 1 heterocycles. The molecule has 0 aliphatic heterocycles. The van der Waals surface area contributed by atoms with Crippen LogP contribution in [-0.4, -0.2) is 24.0 Å². The number of aromatic nitrogens is 1. The fourth-order valence-corrected chi connectivity index (χ4v) is 0.821. The van der Waals surface area contributed by atoms with Gasteiger partial charge in [-0.3, -0.25) is 4.98 Å². The van der Waals surface area contributed by atoms with Crippen molar-refractivity contribution in [3.63, 3.8) is 0 Å². The first-order valence-corrected chi connectivity index (χ1v) is 5.64.